The van der Waals surface area contributed by atoms with Crippen molar-refractivity contribution in [3.8, 4) is 0 Å². The monoisotopic (exact) mass is 288 g/mol. The molecule has 6 heteroatoms. The Hall–Kier alpha value is -2.21. The van der Waals surface area contributed by atoms with Gasteiger partial charge < -0.3 is 15.4 Å². The quantitative estimate of drug-likeness (QED) is 0.582. The van der Waals surface area contributed by atoms with Crippen LogP contribution in [0.3, 0.4) is 0 Å². The Morgan fingerprint density at radius 3 is 3.00 bits per heavy atom. The summed E-state index contributed by atoms with van der Waals surface area (Å²) in [6, 6.07) is 7.22. The third kappa shape index (κ3) is 3.66. The van der Waals surface area contributed by atoms with Crippen LogP contribution in [0, 0.1) is 5.41 Å². The molecule has 1 aromatic carbocycles. The molecule has 1 aliphatic rings. The Kier molecular flexibility index (Phi) is 5.05. The zero-order valence-electron chi connectivity index (χ0n) is 12.0. The number of benzene rings is 1. The highest BCUT2D eigenvalue weighted by atomic mass is 16.3. The molecule has 0 bridgehead atoms. The molecular formula is C15H20N4O2. The van der Waals surface area contributed by atoms with Crippen molar-refractivity contribution in [2.24, 2.45) is 5.10 Å². The molecule has 0 aromatic heterocycles. The highest BCUT2D eigenvalue weighted by Crippen LogP contribution is 2.23. The Morgan fingerprint density at radius 1 is 1.48 bits per heavy atom. The number of aliphatic hydroxyl groups is 1. The van der Waals surface area contributed by atoms with Crippen molar-refractivity contribution in [3.63, 3.8) is 0 Å². The lowest BCUT2D eigenvalue weighted by Gasteiger charge is -2.36. The molecule has 6 nitrogen and oxygen atoms in total. The highest BCUT2D eigenvalue weighted by Gasteiger charge is 2.29. The fraction of sp³-hybridized carbons (Fsp3) is 0.400. The Labute approximate surface area is 124 Å². The van der Waals surface area contributed by atoms with E-state index in [2.05, 4.69) is 10.5 Å². The van der Waals surface area contributed by atoms with Crippen molar-refractivity contribution in [2.75, 3.05) is 12.0 Å². The van der Waals surface area contributed by atoms with E-state index >= 15 is 0 Å². The molecule has 1 saturated heterocycles. The largest absolute Gasteiger partial charge is 0.391 e. The number of hydrazone groups is 1. The van der Waals surface area contributed by atoms with E-state index in [-0.39, 0.29) is 11.9 Å². The van der Waals surface area contributed by atoms with Crippen molar-refractivity contribution >= 4 is 24.0 Å². The molecule has 2 rings (SSSR count). The van der Waals surface area contributed by atoms with Gasteiger partial charge in [0.2, 0.25) is 0 Å². The Balaban J connectivity index is 2.21. The van der Waals surface area contributed by atoms with Gasteiger partial charge in [-0.25, -0.2) is 0 Å². The Bertz CT molecular complexity index is 544. The van der Waals surface area contributed by atoms with Crippen LogP contribution in [0.25, 0.3) is 0 Å². The summed E-state index contributed by atoms with van der Waals surface area (Å²) in [6.45, 7) is 2.35. The van der Waals surface area contributed by atoms with Gasteiger partial charge in [0.05, 0.1) is 23.6 Å². The summed E-state index contributed by atoms with van der Waals surface area (Å²) in [6.07, 6.45) is 3.43. The summed E-state index contributed by atoms with van der Waals surface area (Å²) in [4.78, 5) is 14.4. The number of carbonyl (C=O) groups is 1. The van der Waals surface area contributed by atoms with Crippen LogP contribution in [0.15, 0.2) is 29.4 Å². The fourth-order valence-corrected chi connectivity index (χ4v) is 2.44. The van der Waals surface area contributed by atoms with Crippen LogP contribution >= 0.6 is 0 Å². The van der Waals surface area contributed by atoms with Crippen molar-refractivity contribution in [3.05, 3.63) is 29.8 Å². The van der Waals surface area contributed by atoms with Gasteiger partial charge >= 0.3 is 0 Å². The maximum Gasteiger partial charge on any atom is 0.256 e. The van der Waals surface area contributed by atoms with E-state index in [4.69, 9.17) is 5.41 Å². The number of aliphatic hydroxyl groups excluding tert-OH is 1. The third-order valence-electron chi connectivity index (χ3n) is 3.61. The molecule has 21 heavy (non-hydrogen) atoms. The molecule has 0 unspecified atom stereocenters. The molecule has 0 aliphatic carbocycles. The number of piperidine rings is 1. The topological polar surface area (TPSA) is 88.8 Å². The maximum absolute atomic E-state index is 12.7. The summed E-state index contributed by atoms with van der Waals surface area (Å²) >= 11 is 0. The maximum atomic E-state index is 12.7. The first-order valence-electron chi connectivity index (χ1n) is 6.99. The van der Waals surface area contributed by atoms with Crippen molar-refractivity contribution in [1.29, 1.82) is 5.41 Å². The van der Waals surface area contributed by atoms with E-state index in [9.17, 15) is 9.90 Å². The van der Waals surface area contributed by atoms with Crippen LogP contribution in [0.5, 0.6) is 0 Å². The fourth-order valence-electron chi connectivity index (χ4n) is 2.44. The van der Waals surface area contributed by atoms with Crippen LogP contribution in [0.2, 0.25) is 0 Å². The smallest absolute Gasteiger partial charge is 0.256 e. The number of nitrogens with one attached hydrogen (secondary N) is 2. The van der Waals surface area contributed by atoms with E-state index in [1.165, 1.54) is 6.21 Å². The molecular weight excluding hydrogens is 268 g/mol. The molecule has 1 aliphatic heterocycles. The number of nitrogens with zero attached hydrogens (tertiary/aromatic N) is 2. The second kappa shape index (κ2) is 6.99. The zero-order chi connectivity index (χ0) is 15.2. The lowest BCUT2D eigenvalue weighted by Crippen LogP contribution is -2.47. The van der Waals surface area contributed by atoms with Crippen molar-refractivity contribution in [2.45, 2.75) is 31.9 Å². The van der Waals surface area contributed by atoms with E-state index in [0.29, 0.717) is 17.8 Å². The average Bonchev–Trinajstić information content (AvgIpc) is 2.50. The molecule has 1 amide bonds. The van der Waals surface area contributed by atoms with Gasteiger partial charge in [-0.15, -0.1) is 0 Å². The Morgan fingerprint density at radius 2 is 2.24 bits per heavy atom. The average molecular weight is 288 g/mol. The second-order valence-electron chi connectivity index (χ2n) is 5.14. The molecule has 1 heterocycles. The number of rotatable bonds is 4. The molecule has 3 N–H and O–H groups in total. The zero-order valence-corrected chi connectivity index (χ0v) is 12.0. The van der Waals surface area contributed by atoms with Gasteiger partial charge in [-0.05, 0) is 31.9 Å². The van der Waals surface area contributed by atoms with Gasteiger partial charge in [-0.2, -0.15) is 5.10 Å². The molecule has 1 aromatic rings. The van der Waals surface area contributed by atoms with Crippen LogP contribution in [0.4, 0.5) is 5.69 Å². The van der Waals surface area contributed by atoms with E-state index < -0.39 is 6.10 Å². The van der Waals surface area contributed by atoms with Crippen LogP contribution in [-0.2, 0) is 0 Å². The number of hydrogen-bond acceptors (Lipinski definition) is 5. The molecule has 2 atom stereocenters. The summed E-state index contributed by atoms with van der Waals surface area (Å²) in [7, 11) is 0. The minimum Gasteiger partial charge on any atom is -0.391 e. The number of amides is 1. The van der Waals surface area contributed by atoms with Crippen molar-refractivity contribution in [1.82, 2.24) is 4.90 Å². The SMILES string of the molecule is C[C@@H]1CC[C@H](O)CN1C(=O)c1ccccc1N/N=C\C=N. The predicted molar refractivity (Wildman–Crippen MR) is 83.1 cm³/mol. The van der Waals surface area contributed by atoms with Gasteiger partial charge in [0.1, 0.15) is 0 Å². The lowest BCUT2D eigenvalue weighted by molar-refractivity contribution is 0.0310. The van der Waals surface area contributed by atoms with Crippen LogP contribution in [-0.4, -0.2) is 47.0 Å². The lowest BCUT2D eigenvalue weighted by atomic mass is 10.00. The van der Waals surface area contributed by atoms with Gasteiger partial charge in [0, 0.05) is 18.8 Å². The molecule has 1 fully saturated rings. The minimum absolute atomic E-state index is 0.110. The molecule has 0 spiro atoms. The number of anilines is 1. The standard InChI is InChI=1S/C15H20N4O2/c1-11-6-7-12(20)10-19(11)15(21)13-4-2-3-5-14(13)18-17-9-8-16/h2-5,8-9,11-12,16,18,20H,6-7,10H2,1H3/b16-8?,17-9-/t11-,12+/m1/s1. The highest BCUT2D eigenvalue weighted by molar-refractivity contribution is 6.14. The predicted octanol–water partition coefficient (Wildman–Crippen LogP) is 1.72. The number of likely N-dealkylation sites (tertiary alicyclic amines) is 1. The summed E-state index contributed by atoms with van der Waals surface area (Å²) in [5.41, 5.74) is 3.87. The number of para-hydroxylation sites is 1. The number of carbonyl (C=O) groups excluding carboxylic acids is 1. The first kappa shape index (κ1) is 15.2. The molecule has 0 radical (unpaired) electrons. The number of β-amino-alcohol motifs (C(OH)–C–C–N with tert-alkyl or cyclic N) is 1. The van der Waals surface area contributed by atoms with E-state index in [0.717, 1.165) is 19.1 Å². The van der Waals surface area contributed by atoms with E-state index in [1.807, 2.05) is 13.0 Å². The van der Waals surface area contributed by atoms with Gasteiger partial charge in [0.25, 0.3) is 5.91 Å². The normalized spacial score (nSPS) is 22.3. The first-order chi connectivity index (χ1) is 10.1. The van der Waals surface area contributed by atoms with Gasteiger partial charge in [-0.3, -0.25) is 10.2 Å². The third-order valence-corrected chi connectivity index (χ3v) is 3.61. The van der Waals surface area contributed by atoms with Gasteiger partial charge in [0.15, 0.2) is 0 Å². The number of hydrogen-bond donors (Lipinski definition) is 3. The molecule has 112 valence electrons. The van der Waals surface area contributed by atoms with Crippen LogP contribution in [0.1, 0.15) is 30.1 Å². The summed E-state index contributed by atoms with van der Waals surface area (Å²) in [5.74, 6) is -0.116. The molecule has 0 saturated carbocycles. The van der Waals surface area contributed by atoms with Gasteiger partial charge in [-0.1, -0.05) is 12.1 Å². The van der Waals surface area contributed by atoms with Crippen LogP contribution < -0.4 is 5.43 Å². The van der Waals surface area contributed by atoms with Crippen molar-refractivity contribution < 1.29 is 9.90 Å². The second-order valence-corrected chi connectivity index (χ2v) is 5.14. The van der Waals surface area contributed by atoms with E-state index in [1.54, 1.807) is 23.1 Å². The minimum atomic E-state index is -0.457. The first-order valence-corrected chi connectivity index (χ1v) is 6.99. The summed E-state index contributed by atoms with van der Waals surface area (Å²) < 4.78 is 0. The summed E-state index contributed by atoms with van der Waals surface area (Å²) in [5, 5.41) is 20.5.